The zero-order valence-electron chi connectivity index (χ0n) is 18.4. The van der Waals surface area contributed by atoms with Gasteiger partial charge < -0.3 is 9.84 Å². The lowest BCUT2D eigenvalue weighted by Gasteiger charge is -2.17. The highest BCUT2D eigenvalue weighted by Crippen LogP contribution is 2.41. The van der Waals surface area contributed by atoms with Crippen LogP contribution in [-0.4, -0.2) is 17.5 Å². The monoisotopic (exact) mass is 432 g/mol. The molecule has 0 aliphatic rings. The minimum absolute atomic E-state index is 0.0117. The van der Waals surface area contributed by atoms with Gasteiger partial charge in [-0.25, -0.2) is 0 Å². The van der Waals surface area contributed by atoms with Crippen LogP contribution in [0.1, 0.15) is 29.3 Å². The van der Waals surface area contributed by atoms with Crippen molar-refractivity contribution in [1.82, 2.24) is 0 Å². The molecule has 0 atom stereocenters. The van der Waals surface area contributed by atoms with Crippen LogP contribution in [0, 0.1) is 0 Å². The van der Waals surface area contributed by atoms with E-state index in [4.69, 9.17) is 4.74 Å². The molecule has 3 nitrogen and oxygen atoms in total. The van der Waals surface area contributed by atoms with Crippen molar-refractivity contribution >= 4 is 27.3 Å². The standard InChI is InChI=1S/C30H24O3/c1-2-19-33-21-17-15-20(16-18-21)28-22-9-3-5-11-24(22)29(25-12-6-4-10-23(25)28)30(32)26-13-7-8-14-27(26)31/h3-18,31H,2,19H2,1H3. The summed E-state index contributed by atoms with van der Waals surface area (Å²) in [6.45, 7) is 2.78. The molecule has 5 rings (SSSR count). The predicted octanol–water partition coefficient (Wildman–Crippen LogP) is 7.39. The third kappa shape index (κ3) is 3.72. The zero-order chi connectivity index (χ0) is 22.8. The molecule has 0 aliphatic carbocycles. The number of para-hydroxylation sites is 1. The Morgan fingerprint density at radius 1 is 0.727 bits per heavy atom. The Hall–Kier alpha value is -4.11. The van der Waals surface area contributed by atoms with Crippen molar-refractivity contribution in [1.29, 1.82) is 0 Å². The summed E-state index contributed by atoms with van der Waals surface area (Å²) in [5.41, 5.74) is 3.05. The first-order valence-electron chi connectivity index (χ1n) is 11.2. The average molecular weight is 433 g/mol. The summed E-state index contributed by atoms with van der Waals surface area (Å²) >= 11 is 0. The van der Waals surface area contributed by atoms with Gasteiger partial charge in [-0.1, -0.05) is 79.7 Å². The van der Waals surface area contributed by atoms with E-state index in [0.29, 0.717) is 17.7 Å². The largest absolute Gasteiger partial charge is 0.507 e. The smallest absolute Gasteiger partial charge is 0.197 e. The number of carbonyl (C=O) groups excluding carboxylic acids is 1. The molecule has 5 aromatic rings. The number of rotatable bonds is 6. The van der Waals surface area contributed by atoms with Crippen LogP contribution < -0.4 is 4.74 Å². The van der Waals surface area contributed by atoms with Gasteiger partial charge >= 0.3 is 0 Å². The fourth-order valence-electron chi connectivity index (χ4n) is 4.42. The maximum atomic E-state index is 13.7. The summed E-state index contributed by atoms with van der Waals surface area (Å²) in [5.74, 6) is 0.651. The van der Waals surface area contributed by atoms with E-state index in [1.807, 2.05) is 48.5 Å². The van der Waals surface area contributed by atoms with Crippen molar-refractivity contribution in [3.05, 3.63) is 108 Å². The molecule has 0 heterocycles. The van der Waals surface area contributed by atoms with E-state index >= 15 is 0 Å². The number of benzene rings is 5. The highest BCUT2D eigenvalue weighted by molar-refractivity contribution is 6.28. The Morgan fingerprint density at radius 3 is 1.85 bits per heavy atom. The SMILES string of the molecule is CCCOc1ccc(-c2c3ccccc3c(C(=O)c3ccccc3O)c3ccccc23)cc1. The van der Waals surface area contributed by atoms with Gasteiger partial charge in [-0.05, 0) is 63.4 Å². The van der Waals surface area contributed by atoms with Crippen LogP contribution in [0.4, 0.5) is 0 Å². The molecule has 0 amide bonds. The molecule has 5 aromatic carbocycles. The molecule has 33 heavy (non-hydrogen) atoms. The Bertz CT molecular complexity index is 1410. The Kier molecular flexibility index (Phi) is 5.54. The molecule has 162 valence electrons. The van der Waals surface area contributed by atoms with Crippen molar-refractivity contribution in [2.75, 3.05) is 6.61 Å². The number of fused-ring (bicyclic) bond motifs is 2. The molecule has 3 heteroatoms. The summed E-state index contributed by atoms with van der Waals surface area (Å²) in [7, 11) is 0. The molecular formula is C30H24O3. The molecular weight excluding hydrogens is 408 g/mol. The molecule has 0 fully saturated rings. The first-order chi connectivity index (χ1) is 16.2. The predicted molar refractivity (Wildman–Crippen MR) is 134 cm³/mol. The van der Waals surface area contributed by atoms with Crippen molar-refractivity contribution < 1.29 is 14.6 Å². The number of phenolic OH excluding ortho intramolecular Hbond substituents is 1. The first kappa shape index (κ1) is 20.8. The third-order valence-corrected chi connectivity index (χ3v) is 5.92. The average Bonchev–Trinajstić information content (AvgIpc) is 2.86. The van der Waals surface area contributed by atoms with Crippen molar-refractivity contribution in [3.8, 4) is 22.6 Å². The normalized spacial score (nSPS) is 11.1. The second-order valence-corrected chi connectivity index (χ2v) is 8.06. The van der Waals surface area contributed by atoms with Crippen molar-refractivity contribution in [3.63, 3.8) is 0 Å². The molecule has 0 spiro atoms. The maximum absolute atomic E-state index is 13.7. The fourth-order valence-corrected chi connectivity index (χ4v) is 4.42. The van der Waals surface area contributed by atoms with Crippen molar-refractivity contribution in [2.24, 2.45) is 0 Å². The van der Waals surface area contributed by atoms with Gasteiger partial charge in [0, 0.05) is 5.56 Å². The van der Waals surface area contributed by atoms with Gasteiger partial charge in [0.25, 0.3) is 0 Å². The molecule has 0 aliphatic heterocycles. The van der Waals surface area contributed by atoms with Crippen LogP contribution in [0.25, 0.3) is 32.7 Å². The van der Waals surface area contributed by atoms with E-state index in [2.05, 4.69) is 31.2 Å². The fraction of sp³-hybridized carbons (Fsp3) is 0.100. The van der Waals surface area contributed by atoms with Crippen LogP contribution >= 0.6 is 0 Å². The number of aromatic hydroxyl groups is 1. The molecule has 0 bridgehead atoms. The third-order valence-electron chi connectivity index (χ3n) is 5.92. The van der Waals surface area contributed by atoms with E-state index in [1.54, 1.807) is 24.3 Å². The summed E-state index contributed by atoms with van der Waals surface area (Å²) in [6, 6.07) is 30.8. The topological polar surface area (TPSA) is 46.5 Å². The van der Waals surface area contributed by atoms with Crippen molar-refractivity contribution in [2.45, 2.75) is 13.3 Å². The van der Waals surface area contributed by atoms with Crippen LogP contribution in [0.3, 0.4) is 0 Å². The maximum Gasteiger partial charge on any atom is 0.197 e. The Labute approximate surface area is 192 Å². The Morgan fingerprint density at radius 2 is 1.27 bits per heavy atom. The van der Waals surface area contributed by atoms with Crippen LogP contribution in [-0.2, 0) is 0 Å². The van der Waals surface area contributed by atoms with E-state index in [1.165, 1.54) is 0 Å². The highest BCUT2D eigenvalue weighted by atomic mass is 16.5. The van der Waals surface area contributed by atoms with Gasteiger partial charge in [0.15, 0.2) is 5.78 Å². The lowest BCUT2D eigenvalue weighted by molar-refractivity contribution is 0.103. The number of ketones is 1. The first-order valence-corrected chi connectivity index (χ1v) is 11.2. The molecule has 0 saturated heterocycles. The van der Waals surface area contributed by atoms with Crippen LogP contribution in [0.15, 0.2) is 97.1 Å². The van der Waals surface area contributed by atoms with Gasteiger partial charge in [0.1, 0.15) is 11.5 Å². The summed E-state index contributed by atoms with van der Waals surface area (Å²) in [4.78, 5) is 13.7. The number of hydrogen-bond donors (Lipinski definition) is 1. The van der Waals surface area contributed by atoms with Gasteiger partial charge in [0.2, 0.25) is 0 Å². The van der Waals surface area contributed by atoms with Gasteiger partial charge in [-0.3, -0.25) is 4.79 Å². The molecule has 0 aromatic heterocycles. The number of ether oxygens (including phenoxy) is 1. The van der Waals surface area contributed by atoms with Gasteiger partial charge in [-0.2, -0.15) is 0 Å². The Balaban J connectivity index is 1.79. The second kappa shape index (κ2) is 8.79. The van der Waals surface area contributed by atoms with E-state index < -0.39 is 0 Å². The van der Waals surface area contributed by atoms with Crippen LogP contribution in [0.5, 0.6) is 11.5 Å². The van der Waals surface area contributed by atoms with E-state index in [0.717, 1.165) is 44.8 Å². The lowest BCUT2D eigenvalue weighted by atomic mass is 9.85. The van der Waals surface area contributed by atoms with E-state index in [9.17, 15) is 9.90 Å². The molecule has 0 radical (unpaired) electrons. The quantitative estimate of drug-likeness (QED) is 0.225. The highest BCUT2D eigenvalue weighted by Gasteiger charge is 2.22. The molecule has 0 saturated carbocycles. The lowest BCUT2D eigenvalue weighted by Crippen LogP contribution is -2.05. The zero-order valence-corrected chi connectivity index (χ0v) is 18.4. The summed E-state index contributed by atoms with van der Waals surface area (Å²) in [5, 5.41) is 14.1. The molecule has 0 unspecified atom stereocenters. The number of phenols is 1. The number of hydrogen-bond acceptors (Lipinski definition) is 3. The van der Waals surface area contributed by atoms with Gasteiger partial charge in [-0.15, -0.1) is 0 Å². The minimum atomic E-state index is -0.185. The summed E-state index contributed by atoms with van der Waals surface area (Å²) in [6.07, 6.45) is 0.962. The summed E-state index contributed by atoms with van der Waals surface area (Å²) < 4.78 is 5.76. The second-order valence-electron chi connectivity index (χ2n) is 8.06. The molecule has 1 N–H and O–H groups in total. The minimum Gasteiger partial charge on any atom is -0.507 e. The van der Waals surface area contributed by atoms with Gasteiger partial charge in [0.05, 0.1) is 12.2 Å². The van der Waals surface area contributed by atoms with Crippen LogP contribution in [0.2, 0.25) is 0 Å². The number of carbonyl (C=O) groups is 1. The van der Waals surface area contributed by atoms with E-state index in [-0.39, 0.29) is 11.5 Å².